The number of hydrogen-bond acceptors (Lipinski definition) is 6. The number of carbonyl (C=O) groups is 3. The Morgan fingerprint density at radius 2 is 1.94 bits per heavy atom. The van der Waals surface area contributed by atoms with E-state index in [1.807, 2.05) is 13.0 Å². The van der Waals surface area contributed by atoms with Gasteiger partial charge in [-0.15, -0.1) is 0 Å². The lowest BCUT2D eigenvalue weighted by Gasteiger charge is -2.17. The van der Waals surface area contributed by atoms with Crippen LogP contribution in [0.4, 0.5) is 11.4 Å². The van der Waals surface area contributed by atoms with E-state index >= 15 is 0 Å². The van der Waals surface area contributed by atoms with Crippen LogP contribution < -0.4 is 19.7 Å². The Balaban J connectivity index is 1.55. The van der Waals surface area contributed by atoms with Gasteiger partial charge in [0.05, 0.1) is 25.8 Å². The van der Waals surface area contributed by atoms with E-state index in [0.29, 0.717) is 27.9 Å². The summed E-state index contributed by atoms with van der Waals surface area (Å²) in [6, 6.07) is 10.2. The van der Waals surface area contributed by atoms with Gasteiger partial charge in [0, 0.05) is 29.7 Å². The zero-order valence-electron chi connectivity index (χ0n) is 17.4. The summed E-state index contributed by atoms with van der Waals surface area (Å²) in [5.74, 6) is -1.00. The zero-order chi connectivity index (χ0) is 22.5. The third kappa shape index (κ3) is 5.27. The van der Waals surface area contributed by atoms with Gasteiger partial charge >= 0.3 is 5.97 Å². The van der Waals surface area contributed by atoms with E-state index in [4.69, 9.17) is 25.8 Å². The number of rotatable bonds is 7. The molecule has 1 aliphatic heterocycles. The van der Waals surface area contributed by atoms with Gasteiger partial charge in [-0.1, -0.05) is 17.7 Å². The van der Waals surface area contributed by atoms with E-state index in [1.54, 1.807) is 30.3 Å². The number of carbonyl (C=O) groups excluding carboxylic acids is 3. The highest BCUT2D eigenvalue weighted by Crippen LogP contribution is 2.30. The number of ether oxygens (including phenoxy) is 3. The monoisotopic (exact) mass is 446 g/mol. The largest absolute Gasteiger partial charge is 0.497 e. The number of esters is 1. The molecular formula is C22H23ClN2O6. The molecule has 164 valence electrons. The molecular weight excluding hydrogens is 424 g/mol. The standard InChI is InChI=1S/C22H23ClN2O6/c1-13-4-5-15(9-17(13)23)25-11-14(8-21(25)27)22(28)31-12-20(26)24-18-7-6-16(29-2)10-19(18)30-3/h4-7,9-10,14H,8,11-12H2,1-3H3,(H,24,26)/t14-/m1/s1. The van der Waals surface area contributed by atoms with Crippen LogP contribution in [-0.4, -0.2) is 45.2 Å². The summed E-state index contributed by atoms with van der Waals surface area (Å²) in [6.07, 6.45) is 0.0122. The molecule has 2 aromatic carbocycles. The van der Waals surface area contributed by atoms with Gasteiger partial charge in [-0.2, -0.15) is 0 Å². The molecule has 0 spiro atoms. The van der Waals surface area contributed by atoms with Crippen LogP contribution >= 0.6 is 11.6 Å². The van der Waals surface area contributed by atoms with Crippen LogP contribution in [0.2, 0.25) is 5.02 Å². The molecule has 8 nitrogen and oxygen atoms in total. The smallest absolute Gasteiger partial charge is 0.311 e. The van der Waals surface area contributed by atoms with Crippen molar-refractivity contribution in [3.05, 3.63) is 47.0 Å². The molecule has 1 N–H and O–H groups in total. The molecule has 0 unspecified atom stereocenters. The van der Waals surface area contributed by atoms with E-state index in [0.717, 1.165) is 5.56 Å². The Kier molecular flexibility index (Phi) is 7.02. The lowest BCUT2D eigenvalue weighted by Crippen LogP contribution is -2.28. The van der Waals surface area contributed by atoms with Crippen LogP contribution in [0.25, 0.3) is 0 Å². The minimum Gasteiger partial charge on any atom is -0.497 e. The highest BCUT2D eigenvalue weighted by molar-refractivity contribution is 6.31. The number of amides is 2. The summed E-state index contributed by atoms with van der Waals surface area (Å²) in [4.78, 5) is 38.5. The van der Waals surface area contributed by atoms with Crippen LogP contribution in [-0.2, 0) is 19.1 Å². The number of methoxy groups -OCH3 is 2. The van der Waals surface area contributed by atoms with Gasteiger partial charge in [0.25, 0.3) is 5.91 Å². The zero-order valence-corrected chi connectivity index (χ0v) is 18.2. The van der Waals surface area contributed by atoms with Gasteiger partial charge in [-0.25, -0.2) is 0 Å². The molecule has 3 rings (SSSR count). The van der Waals surface area contributed by atoms with Crippen LogP contribution in [0.1, 0.15) is 12.0 Å². The number of nitrogens with zero attached hydrogens (tertiary/aromatic N) is 1. The summed E-state index contributed by atoms with van der Waals surface area (Å²) in [7, 11) is 2.99. The molecule has 0 saturated carbocycles. The highest BCUT2D eigenvalue weighted by Gasteiger charge is 2.36. The van der Waals surface area contributed by atoms with Crippen LogP contribution in [0.5, 0.6) is 11.5 Å². The van der Waals surface area contributed by atoms with Crippen molar-refractivity contribution < 1.29 is 28.6 Å². The first-order valence-corrected chi connectivity index (χ1v) is 9.95. The van der Waals surface area contributed by atoms with Crippen molar-refractivity contribution in [1.82, 2.24) is 0 Å². The predicted molar refractivity (Wildman–Crippen MR) is 116 cm³/mol. The minimum atomic E-state index is -0.657. The van der Waals surface area contributed by atoms with Crippen molar-refractivity contribution in [2.45, 2.75) is 13.3 Å². The molecule has 2 aromatic rings. The normalized spacial score (nSPS) is 15.5. The number of nitrogens with one attached hydrogen (secondary N) is 1. The quantitative estimate of drug-likeness (QED) is 0.656. The maximum atomic E-state index is 12.4. The van der Waals surface area contributed by atoms with Crippen molar-refractivity contribution in [1.29, 1.82) is 0 Å². The van der Waals surface area contributed by atoms with Gasteiger partial charge < -0.3 is 24.4 Å². The summed E-state index contributed by atoms with van der Waals surface area (Å²) < 4.78 is 15.5. The fraction of sp³-hybridized carbons (Fsp3) is 0.318. The Morgan fingerprint density at radius 3 is 2.61 bits per heavy atom. The first-order chi connectivity index (χ1) is 14.8. The molecule has 31 heavy (non-hydrogen) atoms. The fourth-order valence-corrected chi connectivity index (χ4v) is 3.38. The Hall–Kier alpha value is -3.26. The van der Waals surface area contributed by atoms with Gasteiger partial charge in [-0.3, -0.25) is 14.4 Å². The van der Waals surface area contributed by atoms with Crippen molar-refractivity contribution in [2.75, 3.05) is 37.6 Å². The molecule has 2 amide bonds. The SMILES string of the molecule is COc1ccc(NC(=O)COC(=O)[C@@H]2CC(=O)N(c3ccc(C)c(Cl)c3)C2)c(OC)c1. The first-order valence-electron chi connectivity index (χ1n) is 9.57. The van der Waals surface area contributed by atoms with Crippen LogP contribution in [0.3, 0.4) is 0 Å². The van der Waals surface area contributed by atoms with E-state index in [9.17, 15) is 14.4 Å². The molecule has 0 aromatic heterocycles. The summed E-state index contributed by atoms with van der Waals surface area (Å²) in [6.45, 7) is 1.56. The maximum Gasteiger partial charge on any atom is 0.311 e. The Morgan fingerprint density at radius 1 is 1.16 bits per heavy atom. The summed E-state index contributed by atoms with van der Waals surface area (Å²) in [5, 5.41) is 3.17. The number of hydrogen-bond donors (Lipinski definition) is 1. The number of benzene rings is 2. The average molecular weight is 447 g/mol. The third-order valence-corrected chi connectivity index (χ3v) is 5.36. The number of halogens is 1. The third-order valence-electron chi connectivity index (χ3n) is 4.95. The second-order valence-electron chi connectivity index (χ2n) is 7.06. The molecule has 0 radical (unpaired) electrons. The molecule has 0 bridgehead atoms. The van der Waals surface area contributed by atoms with Crippen molar-refractivity contribution in [2.24, 2.45) is 5.92 Å². The predicted octanol–water partition coefficient (Wildman–Crippen LogP) is 3.20. The minimum absolute atomic E-state index is 0.0122. The Bertz CT molecular complexity index is 1010. The Labute approximate surface area is 185 Å². The van der Waals surface area contributed by atoms with Crippen LogP contribution in [0.15, 0.2) is 36.4 Å². The molecule has 1 fully saturated rings. The first kappa shape index (κ1) is 22.4. The average Bonchev–Trinajstić information content (AvgIpc) is 3.16. The van der Waals surface area contributed by atoms with E-state index < -0.39 is 24.4 Å². The number of anilines is 2. The topological polar surface area (TPSA) is 94.2 Å². The van der Waals surface area contributed by atoms with Crippen molar-refractivity contribution in [3.63, 3.8) is 0 Å². The van der Waals surface area contributed by atoms with Crippen LogP contribution in [0, 0.1) is 12.8 Å². The molecule has 1 saturated heterocycles. The van der Waals surface area contributed by atoms with Crippen molar-refractivity contribution >= 4 is 40.8 Å². The molecule has 9 heteroatoms. The molecule has 0 aliphatic carbocycles. The second kappa shape index (κ2) is 9.70. The second-order valence-corrected chi connectivity index (χ2v) is 7.47. The van der Waals surface area contributed by atoms with Crippen molar-refractivity contribution in [3.8, 4) is 11.5 Å². The van der Waals surface area contributed by atoms with Gasteiger partial charge in [0.1, 0.15) is 11.5 Å². The van der Waals surface area contributed by atoms with Gasteiger partial charge in [-0.05, 0) is 36.8 Å². The molecule has 1 atom stereocenters. The fourth-order valence-electron chi connectivity index (χ4n) is 3.21. The summed E-state index contributed by atoms with van der Waals surface area (Å²) >= 11 is 6.14. The lowest BCUT2D eigenvalue weighted by atomic mass is 10.1. The summed E-state index contributed by atoms with van der Waals surface area (Å²) in [5.41, 5.74) is 1.94. The van der Waals surface area contributed by atoms with Gasteiger partial charge in [0.2, 0.25) is 5.91 Å². The number of aryl methyl sites for hydroxylation is 1. The molecule has 1 aliphatic rings. The van der Waals surface area contributed by atoms with E-state index in [1.165, 1.54) is 19.1 Å². The van der Waals surface area contributed by atoms with Gasteiger partial charge in [0.15, 0.2) is 6.61 Å². The van der Waals surface area contributed by atoms with E-state index in [2.05, 4.69) is 5.32 Å². The lowest BCUT2D eigenvalue weighted by molar-refractivity contribution is -0.151. The molecule has 1 heterocycles. The maximum absolute atomic E-state index is 12.4. The highest BCUT2D eigenvalue weighted by atomic mass is 35.5. The van der Waals surface area contributed by atoms with E-state index in [-0.39, 0.29) is 18.9 Å².